The molecular weight excluding hydrogens is 190 g/mol. The van der Waals surface area contributed by atoms with Crippen molar-refractivity contribution in [2.24, 2.45) is 5.92 Å². The second-order valence-electron chi connectivity index (χ2n) is 5.06. The normalized spacial score (nSPS) is 33.8. The van der Waals surface area contributed by atoms with Gasteiger partial charge in [-0.2, -0.15) is 0 Å². The van der Waals surface area contributed by atoms with Gasteiger partial charge in [-0.25, -0.2) is 0 Å². The van der Waals surface area contributed by atoms with Crippen LogP contribution >= 0.6 is 0 Å². The molecule has 2 atom stereocenters. The van der Waals surface area contributed by atoms with E-state index in [2.05, 4.69) is 11.9 Å². The van der Waals surface area contributed by atoms with Crippen molar-refractivity contribution in [3.63, 3.8) is 0 Å². The van der Waals surface area contributed by atoms with Crippen LogP contribution in [0.2, 0.25) is 0 Å². The van der Waals surface area contributed by atoms with Gasteiger partial charge in [-0.3, -0.25) is 0 Å². The Bertz CT molecular complexity index is 192. The maximum Gasteiger partial charge on any atom is 0.0695 e. The van der Waals surface area contributed by atoms with Crippen molar-refractivity contribution in [1.29, 1.82) is 0 Å². The first kappa shape index (κ1) is 11.4. The summed E-state index contributed by atoms with van der Waals surface area (Å²) in [7, 11) is 2.16. The first-order chi connectivity index (χ1) is 7.27. The highest BCUT2D eigenvalue weighted by molar-refractivity contribution is 4.84. The lowest BCUT2D eigenvalue weighted by atomic mass is 9.99. The molecule has 1 N–H and O–H groups in total. The average Bonchev–Trinajstić information content (AvgIpc) is 2.66. The number of aliphatic hydroxyl groups is 1. The second kappa shape index (κ2) is 5.28. The number of ether oxygens (including phenoxy) is 1. The molecule has 3 heteroatoms. The van der Waals surface area contributed by atoms with Gasteiger partial charge in [0.15, 0.2) is 0 Å². The standard InChI is InChI=1S/C12H23NO2/c1-13(11-3-2-4-12(11)14)9-10-5-7-15-8-6-10/h10-12,14H,2-9H2,1H3/t11-,12-/m0/s1. The highest BCUT2D eigenvalue weighted by Crippen LogP contribution is 2.25. The van der Waals surface area contributed by atoms with Crippen LogP contribution in [0.4, 0.5) is 0 Å². The van der Waals surface area contributed by atoms with Crippen molar-refractivity contribution in [2.75, 3.05) is 26.8 Å². The summed E-state index contributed by atoms with van der Waals surface area (Å²) >= 11 is 0. The Morgan fingerprint density at radius 1 is 1.20 bits per heavy atom. The molecule has 0 aromatic rings. The van der Waals surface area contributed by atoms with Gasteiger partial charge < -0.3 is 14.7 Å². The van der Waals surface area contributed by atoms with Crippen molar-refractivity contribution in [3.05, 3.63) is 0 Å². The predicted octanol–water partition coefficient (Wildman–Crippen LogP) is 1.26. The SMILES string of the molecule is CN(CC1CCOCC1)[C@H]1CCC[C@@H]1O. The van der Waals surface area contributed by atoms with E-state index in [9.17, 15) is 5.11 Å². The molecule has 3 nitrogen and oxygen atoms in total. The summed E-state index contributed by atoms with van der Waals surface area (Å²) in [6.45, 7) is 2.97. The van der Waals surface area contributed by atoms with Gasteiger partial charge >= 0.3 is 0 Å². The molecule has 0 radical (unpaired) electrons. The lowest BCUT2D eigenvalue weighted by Gasteiger charge is -2.32. The van der Waals surface area contributed by atoms with Crippen LogP contribution in [0.25, 0.3) is 0 Å². The molecule has 88 valence electrons. The average molecular weight is 213 g/mol. The minimum Gasteiger partial charge on any atom is -0.391 e. The van der Waals surface area contributed by atoms with Crippen LogP contribution in [0.1, 0.15) is 32.1 Å². The molecule has 2 fully saturated rings. The molecule has 0 bridgehead atoms. The van der Waals surface area contributed by atoms with E-state index in [1.807, 2.05) is 0 Å². The first-order valence-electron chi connectivity index (χ1n) is 6.23. The lowest BCUT2D eigenvalue weighted by Crippen LogP contribution is -2.41. The van der Waals surface area contributed by atoms with Crippen molar-refractivity contribution in [1.82, 2.24) is 4.90 Å². The molecule has 1 heterocycles. The van der Waals surface area contributed by atoms with Crippen molar-refractivity contribution < 1.29 is 9.84 Å². The van der Waals surface area contributed by atoms with Gasteiger partial charge in [0.05, 0.1) is 6.10 Å². The predicted molar refractivity (Wildman–Crippen MR) is 59.8 cm³/mol. The topological polar surface area (TPSA) is 32.7 Å². The zero-order valence-electron chi connectivity index (χ0n) is 9.69. The molecule has 0 aromatic heterocycles. The van der Waals surface area contributed by atoms with Crippen LogP contribution in [0.5, 0.6) is 0 Å². The Hall–Kier alpha value is -0.120. The molecular formula is C12H23NO2. The molecule has 1 aliphatic heterocycles. The Morgan fingerprint density at radius 2 is 1.93 bits per heavy atom. The molecule has 1 saturated carbocycles. The van der Waals surface area contributed by atoms with Gasteiger partial charge in [-0.1, -0.05) is 0 Å². The van der Waals surface area contributed by atoms with E-state index in [1.54, 1.807) is 0 Å². The Labute approximate surface area is 92.4 Å². The molecule has 0 aromatic carbocycles. The fraction of sp³-hybridized carbons (Fsp3) is 1.00. The minimum atomic E-state index is -0.0881. The summed E-state index contributed by atoms with van der Waals surface area (Å²) in [5.74, 6) is 0.775. The van der Waals surface area contributed by atoms with Crippen LogP contribution in [0.3, 0.4) is 0 Å². The van der Waals surface area contributed by atoms with E-state index >= 15 is 0 Å². The van der Waals surface area contributed by atoms with Gasteiger partial charge in [-0.15, -0.1) is 0 Å². The maximum atomic E-state index is 9.82. The molecule has 0 amide bonds. The third-order valence-corrected chi connectivity index (χ3v) is 3.90. The smallest absolute Gasteiger partial charge is 0.0695 e. The highest BCUT2D eigenvalue weighted by atomic mass is 16.5. The summed E-state index contributed by atoms with van der Waals surface area (Å²) < 4.78 is 5.36. The molecule has 2 rings (SSSR count). The second-order valence-corrected chi connectivity index (χ2v) is 5.06. The van der Waals surface area contributed by atoms with Gasteiger partial charge in [0.25, 0.3) is 0 Å². The van der Waals surface area contributed by atoms with Crippen LogP contribution in [-0.2, 0) is 4.74 Å². The largest absolute Gasteiger partial charge is 0.391 e. The van der Waals surface area contributed by atoms with Crippen molar-refractivity contribution in [2.45, 2.75) is 44.2 Å². The van der Waals surface area contributed by atoms with E-state index in [4.69, 9.17) is 4.74 Å². The third kappa shape index (κ3) is 2.92. The van der Waals surface area contributed by atoms with Gasteiger partial charge in [0, 0.05) is 25.8 Å². The monoisotopic (exact) mass is 213 g/mol. The van der Waals surface area contributed by atoms with E-state index in [0.29, 0.717) is 6.04 Å². The fourth-order valence-corrected chi connectivity index (χ4v) is 2.91. The number of aliphatic hydroxyl groups excluding tert-OH is 1. The molecule has 1 saturated heterocycles. The molecule has 1 aliphatic carbocycles. The van der Waals surface area contributed by atoms with Gasteiger partial charge in [-0.05, 0) is 45.1 Å². The van der Waals surface area contributed by atoms with E-state index in [1.165, 1.54) is 25.7 Å². The number of hydrogen-bond donors (Lipinski definition) is 1. The number of rotatable bonds is 3. The maximum absolute atomic E-state index is 9.82. The zero-order valence-corrected chi connectivity index (χ0v) is 9.69. The number of likely N-dealkylation sites (N-methyl/N-ethyl adjacent to an activating group) is 1. The molecule has 0 spiro atoms. The number of hydrogen-bond acceptors (Lipinski definition) is 3. The van der Waals surface area contributed by atoms with E-state index < -0.39 is 0 Å². The Morgan fingerprint density at radius 3 is 2.53 bits per heavy atom. The highest BCUT2D eigenvalue weighted by Gasteiger charge is 2.29. The quantitative estimate of drug-likeness (QED) is 0.766. The Kier molecular flexibility index (Phi) is 4.00. The summed E-state index contributed by atoms with van der Waals surface area (Å²) in [5.41, 5.74) is 0. The van der Waals surface area contributed by atoms with E-state index in [0.717, 1.165) is 32.1 Å². The van der Waals surface area contributed by atoms with Crippen LogP contribution in [0, 0.1) is 5.92 Å². The Balaban J connectivity index is 1.77. The molecule has 0 unspecified atom stereocenters. The van der Waals surface area contributed by atoms with Gasteiger partial charge in [0.2, 0.25) is 0 Å². The fourth-order valence-electron chi connectivity index (χ4n) is 2.91. The summed E-state index contributed by atoms with van der Waals surface area (Å²) in [6, 6.07) is 0.410. The summed E-state index contributed by atoms with van der Waals surface area (Å²) in [6.07, 6.45) is 5.63. The molecule has 2 aliphatic rings. The lowest BCUT2D eigenvalue weighted by molar-refractivity contribution is 0.0341. The van der Waals surface area contributed by atoms with Crippen LogP contribution < -0.4 is 0 Å². The van der Waals surface area contributed by atoms with Crippen LogP contribution in [0.15, 0.2) is 0 Å². The van der Waals surface area contributed by atoms with Crippen molar-refractivity contribution in [3.8, 4) is 0 Å². The minimum absolute atomic E-state index is 0.0881. The summed E-state index contributed by atoms with van der Waals surface area (Å²) in [4.78, 5) is 2.37. The third-order valence-electron chi connectivity index (χ3n) is 3.90. The van der Waals surface area contributed by atoms with Gasteiger partial charge in [0.1, 0.15) is 0 Å². The summed E-state index contributed by atoms with van der Waals surface area (Å²) in [5, 5.41) is 9.82. The molecule has 15 heavy (non-hydrogen) atoms. The van der Waals surface area contributed by atoms with E-state index in [-0.39, 0.29) is 6.10 Å². The zero-order chi connectivity index (χ0) is 10.7. The number of nitrogens with zero attached hydrogens (tertiary/aromatic N) is 1. The first-order valence-corrected chi connectivity index (χ1v) is 6.23. The van der Waals surface area contributed by atoms with Crippen LogP contribution in [-0.4, -0.2) is 49.0 Å². The van der Waals surface area contributed by atoms with Crippen molar-refractivity contribution >= 4 is 0 Å².